The van der Waals surface area contributed by atoms with Crippen LogP contribution in [0, 0.1) is 0 Å². The third-order valence-electron chi connectivity index (χ3n) is 2.78. The minimum atomic E-state index is 0.174. The molecule has 1 aromatic carbocycles. The first-order chi connectivity index (χ1) is 9.38. The molecule has 0 aliphatic rings. The zero-order valence-corrected chi connectivity index (χ0v) is 14.4. The maximum Gasteiger partial charge on any atom is 0.189 e. The first kappa shape index (κ1) is 15.7. The summed E-state index contributed by atoms with van der Waals surface area (Å²) in [5, 5.41) is 2.06. The molecule has 0 spiro atoms. The van der Waals surface area contributed by atoms with Crippen LogP contribution in [0.1, 0.15) is 26.3 Å². The minimum absolute atomic E-state index is 0.174. The van der Waals surface area contributed by atoms with Crippen molar-refractivity contribution in [3.63, 3.8) is 0 Å². The molecular formula is C15H17ClN2S2. The minimum Gasteiger partial charge on any atom is -0.216 e. The van der Waals surface area contributed by atoms with Crippen molar-refractivity contribution in [2.24, 2.45) is 0 Å². The number of aromatic nitrogens is 2. The Hall–Kier alpha value is -0.710. The number of halogens is 1. The summed E-state index contributed by atoms with van der Waals surface area (Å²) < 4.78 is 0. The van der Waals surface area contributed by atoms with E-state index in [1.807, 2.05) is 6.26 Å². The Kier molecular flexibility index (Phi) is 4.99. The highest BCUT2D eigenvalue weighted by atomic mass is 35.5. The second-order valence-corrected chi connectivity index (χ2v) is 7.65. The predicted molar refractivity (Wildman–Crippen MR) is 88.1 cm³/mol. The number of thioether (sulfide) groups is 1. The highest BCUT2D eigenvalue weighted by molar-refractivity contribution is 7.99. The highest BCUT2D eigenvalue weighted by Gasteiger charge is 2.13. The van der Waals surface area contributed by atoms with E-state index in [0.29, 0.717) is 10.3 Å². The lowest BCUT2D eigenvalue weighted by Crippen LogP contribution is -2.10. The molecule has 0 saturated carbocycles. The number of hydrogen-bond donors (Lipinski definition) is 0. The van der Waals surface area contributed by atoms with Crippen molar-refractivity contribution in [2.45, 2.75) is 41.3 Å². The van der Waals surface area contributed by atoms with E-state index in [-0.39, 0.29) is 5.41 Å². The topological polar surface area (TPSA) is 25.8 Å². The van der Waals surface area contributed by atoms with Gasteiger partial charge in [-0.1, -0.05) is 68.0 Å². The van der Waals surface area contributed by atoms with Crippen molar-refractivity contribution in [3.8, 4) is 0 Å². The van der Waals surface area contributed by atoms with Crippen molar-refractivity contribution in [1.29, 1.82) is 0 Å². The lowest BCUT2D eigenvalue weighted by Gasteiger charge is -2.19. The zero-order valence-electron chi connectivity index (χ0n) is 12.0. The van der Waals surface area contributed by atoms with Gasteiger partial charge in [-0.2, -0.15) is 0 Å². The molecule has 5 heteroatoms. The molecule has 0 unspecified atom stereocenters. The van der Waals surface area contributed by atoms with E-state index in [0.717, 1.165) is 9.92 Å². The van der Waals surface area contributed by atoms with Crippen LogP contribution in [0.2, 0.25) is 5.15 Å². The fourth-order valence-corrected chi connectivity index (χ4v) is 3.22. The SMILES string of the molecule is CSc1nc(Cl)cc(Sc2ccc(C(C)(C)C)cc2)n1. The Morgan fingerprint density at radius 1 is 1.05 bits per heavy atom. The Bertz CT molecular complexity index is 592. The van der Waals surface area contributed by atoms with Crippen LogP contribution in [-0.2, 0) is 5.41 Å². The van der Waals surface area contributed by atoms with E-state index in [1.165, 1.54) is 17.3 Å². The molecule has 2 rings (SSSR count). The molecule has 0 bridgehead atoms. The van der Waals surface area contributed by atoms with Crippen LogP contribution in [0.4, 0.5) is 0 Å². The normalized spacial score (nSPS) is 11.7. The van der Waals surface area contributed by atoms with Crippen LogP contribution < -0.4 is 0 Å². The highest BCUT2D eigenvalue weighted by Crippen LogP contribution is 2.31. The molecule has 0 aliphatic heterocycles. The molecule has 0 fully saturated rings. The van der Waals surface area contributed by atoms with Gasteiger partial charge in [0.1, 0.15) is 10.2 Å². The summed E-state index contributed by atoms with van der Waals surface area (Å²) in [7, 11) is 0. The summed E-state index contributed by atoms with van der Waals surface area (Å²) in [5.41, 5.74) is 1.50. The molecule has 20 heavy (non-hydrogen) atoms. The van der Waals surface area contributed by atoms with Gasteiger partial charge >= 0.3 is 0 Å². The Balaban J connectivity index is 2.20. The zero-order chi connectivity index (χ0) is 14.8. The van der Waals surface area contributed by atoms with E-state index in [2.05, 4.69) is 55.0 Å². The third-order valence-corrected chi connectivity index (χ3v) is 4.44. The van der Waals surface area contributed by atoms with Crippen molar-refractivity contribution in [1.82, 2.24) is 9.97 Å². The molecule has 106 valence electrons. The van der Waals surface area contributed by atoms with Gasteiger partial charge in [-0.25, -0.2) is 9.97 Å². The second-order valence-electron chi connectivity index (χ2n) is 5.39. The van der Waals surface area contributed by atoms with Gasteiger partial charge in [0.15, 0.2) is 5.16 Å². The number of nitrogens with zero attached hydrogens (tertiary/aromatic N) is 2. The van der Waals surface area contributed by atoms with E-state index in [1.54, 1.807) is 17.8 Å². The van der Waals surface area contributed by atoms with Gasteiger partial charge in [0.05, 0.1) is 0 Å². The molecule has 0 N–H and O–H groups in total. The third kappa shape index (κ3) is 4.14. The van der Waals surface area contributed by atoms with Crippen molar-refractivity contribution < 1.29 is 0 Å². The summed E-state index contributed by atoms with van der Waals surface area (Å²) in [6.45, 7) is 6.64. The summed E-state index contributed by atoms with van der Waals surface area (Å²) in [4.78, 5) is 9.75. The van der Waals surface area contributed by atoms with Crippen LogP contribution >= 0.6 is 35.1 Å². The average Bonchev–Trinajstić information content (AvgIpc) is 2.37. The largest absolute Gasteiger partial charge is 0.216 e. The van der Waals surface area contributed by atoms with Crippen LogP contribution in [0.5, 0.6) is 0 Å². The molecule has 1 heterocycles. The van der Waals surface area contributed by atoms with E-state index in [9.17, 15) is 0 Å². The van der Waals surface area contributed by atoms with Crippen LogP contribution in [0.25, 0.3) is 0 Å². The second kappa shape index (κ2) is 6.37. The molecule has 2 nitrogen and oxygen atoms in total. The van der Waals surface area contributed by atoms with Crippen LogP contribution in [0.15, 0.2) is 45.4 Å². The Labute approximate surface area is 133 Å². The summed E-state index contributed by atoms with van der Waals surface area (Å²) >= 11 is 9.10. The molecule has 0 saturated heterocycles. The molecular weight excluding hydrogens is 308 g/mol. The Morgan fingerprint density at radius 2 is 1.70 bits per heavy atom. The standard InChI is InChI=1S/C15H17ClN2S2/c1-15(2,3)10-5-7-11(8-6-10)20-13-9-12(16)17-14(18-13)19-4/h5-9H,1-4H3. The molecule has 0 radical (unpaired) electrons. The summed E-state index contributed by atoms with van der Waals surface area (Å²) in [6, 6.07) is 10.4. The fraction of sp³-hybridized carbons (Fsp3) is 0.333. The number of hydrogen-bond acceptors (Lipinski definition) is 4. The maximum atomic E-state index is 6.00. The van der Waals surface area contributed by atoms with Crippen molar-refractivity contribution in [3.05, 3.63) is 41.0 Å². The number of benzene rings is 1. The molecule has 0 aliphatic carbocycles. The molecule has 0 atom stereocenters. The lowest BCUT2D eigenvalue weighted by atomic mass is 9.87. The van der Waals surface area contributed by atoms with Crippen LogP contribution in [0.3, 0.4) is 0 Å². The fourth-order valence-electron chi connectivity index (χ4n) is 1.66. The maximum absolute atomic E-state index is 6.00. The predicted octanol–water partition coefficient (Wildman–Crippen LogP) is 5.30. The van der Waals surface area contributed by atoms with Gasteiger partial charge < -0.3 is 0 Å². The van der Waals surface area contributed by atoms with Crippen LogP contribution in [-0.4, -0.2) is 16.2 Å². The van der Waals surface area contributed by atoms with Gasteiger partial charge in [0.25, 0.3) is 0 Å². The molecule has 0 amide bonds. The monoisotopic (exact) mass is 324 g/mol. The van der Waals surface area contributed by atoms with Gasteiger partial charge in [-0.05, 0) is 29.4 Å². The van der Waals surface area contributed by atoms with E-state index >= 15 is 0 Å². The van der Waals surface area contributed by atoms with Gasteiger partial charge in [-0.15, -0.1) is 0 Å². The van der Waals surface area contributed by atoms with E-state index in [4.69, 9.17) is 11.6 Å². The average molecular weight is 325 g/mol. The van der Waals surface area contributed by atoms with E-state index < -0.39 is 0 Å². The summed E-state index contributed by atoms with van der Waals surface area (Å²) in [6.07, 6.45) is 1.94. The Morgan fingerprint density at radius 3 is 2.25 bits per heavy atom. The van der Waals surface area contributed by atoms with Gasteiger partial charge in [-0.3, -0.25) is 0 Å². The van der Waals surface area contributed by atoms with Gasteiger partial charge in [0, 0.05) is 11.0 Å². The molecule has 2 aromatic rings. The van der Waals surface area contributed by atoms with Crippen molar-refractivity contribution in [2.75, 3.05) is 6.26 Å². The smallest absolute Gasteiger partial charge is 0.189 e. The number of rotatable bonds is 3. The first-order valence-electron chi connectivity index (χ1n) is 6.25. The summed E-state index contributed by atoms with van der Waals surface area (Å²) in [5.74, 6) is 0. The van der Waals surface area contributed by atoms with Crippen molar-refractivity contribution >= 4 is 35.1 Å². The first-order valence-corrected chi connectivity index (χ1v) is 8.67. The lowest BCUT2D eigenvalue weighted by molar-refractivity contribution is 0.590. The quantitative estimate of drug-likeness (QED) is 0.434. The molecule has 1 aromatic heterocycles. The van der Waals surface area contributed by atoms with Gasteiger partial charge in [0.2, 0.25) is 0 Å².